The quantitative estimate of drug-likeness (QED) is 0.108. The Morgan fingerprint density at radius 3 is 2.54 bits per heavy atom. The van der Waals surface area contributed by atoms with E-state index in [0.29, 0.717) is 41.6 Å². The maximum atomic E-state index is 15.7. The summed E-state index contributed by atoms with van der Waals surface area (Å²) >= 11 is 0. The molecular weight excluding hydrogens is 834 g/mol. The van der Waals surface area contributed by atoms with Crippen LogP contribution >= 0.6 is 0 Å². The van der Waals surface area contributed by atoms with E-state index in [9.17, 15) is 22.8 Å². The number of allylic oxidation sites excluding steroid dienone is 1. The molecule has 332 valence electrons. The highest BCUT2D eigenvalue weighted by Gasteiger charge is 2.48. The number of nitrogens with one attached hydrogen (secondary N) is 2. The summed E-state index contributed by atoms with van der Waals surface area (Å²) in [4.78, 5) is 51.3. The van der Waals surface area contributed by atoms with E-state index < -0.39 is 27.8 Å². The lowest BCUT2D eigenvalue weighted by molar-refractivity contribution is -0.135. The van der Waals surface area contributed by atoms with Gasteiger partial charge in [0.05, 0.1) is 33.3 Å². The van der Waals surface area contributed by atoms with E-state index in [1.165, 1.54) is 44.3 Å². The first-order chi connectivity index (χ1) is 30.2. The van der Waals surface area contributed by atoms with Crippen molar-refractivity contribution in [2.24, 2.45) is 18.2 Å². The van der Waals surface area contributed by atoms with Crippen molar-refractivity contribution in [2.75, 3.05) is 49.5 Å². The average molecular weight is 885 g/mol. The van der Waals surface area contributed by atoms with Crippen LogP contribution in [-0.4, -0.2) is 116 Å². The Morgan fingerprint density at radius 1 is 1.05 bits per heavy atom. The van der Waals surface area contributed by atoms with Crippen molar-refractivity contribution in [3.8, 4) is 5.75 Å². The van der Waals surface area contributed by atoms with Gasteiger partial charge in [-0.15, -0.1) is 5.10 Å². The number of imidazole rings is 1. The Labute approximate surface area is 362 Å². The van der Waals surface area contributed by atoms with E-state index >= 15 is 4.39 Å². The molecule has 9 rings (SSSR count). The summed E-state index contributed by atoms with van der Waals surface area (Å²) in [6.07, 6.45) is 7.70. The molecule has 0 radical (unpaired) electrons. The van der Waals surface area contributed by atoms with Gasteiger partial charge >= 0.3 is 5.69 Å². The molecule has 21 heteroatoms. The molecule has 7 heterocycles. The van der Waals surface area contributed by atoms with Crippen LogP contribution in [0, 0.1) is 11.2 Å². The van der Waals surface area contributed by atoms with Gasteiger partial charge in [-0.2, -0.15) is 13.8 Å². The normalized spacial score (nSPS) is 22.0. The fraction of sp³-hybridized carbons (Fsp3) is 0.452. The number of benzene rings is 2. The Kier molecular flexibility index (Phi) is 10.8. The zero-order chi connectivity index (χ0) is 44.4. The standard InChI is InChI=1S/C42H50FN13O6S/c1-25(2)62-37-36(26(20-44)21-45)46-24-55-38(37)49-40(50-55)47-31-6-5-29(19-30(31)43)63(60,61)54-17-13-42(23-54)12-16-53(22-42)27-10-14-52(15-11-27)28-4-7-32-34(18-28)51(3)41(59)56(32)33-8-9-35(57)48-39(33)58/h4-7,18-21,24-25,27,33,44H,8-17,22-23,45H2,1-3H3,(H,47,50)(H,48,57,58)/p+1/b26-21+,44-20?. The molecule has 4 fully saturated rings. The van der Waals surface area contributed by atoms with Gasteiger partial charge in [0.15, 0.2) is 12.0 Å². The summed E-state index contributed by atoms with van der Waals surface area (Å²) in [6, 6.07) is 9.28. The van der Waals surface area contributed by atoms with Crippen molar-refractivity contribution >= 4 is 67.6 Å². The molecule has 6 N–H and O–H groups in total. The lowest BCUT2D eigenvalue weighted by atomic mass is 9.86. The van der Waals surface area contributed by atoms with E-state index in [1.54, 1.807) is 11.6 Å². The van der Waals surface area contributed by atoms with E-state index in [1.807, 2.05) is 32.0 Å². The topological polar surface area (TPSA) is 233 Å². The van der Waals surface area contributed by atoms with Crippen molar-refractivity contribution in [3.05, 3.63) is 70.9 Å². The third-order valence-corrected chi connectivity index (χ3v) is 14.8. The van der Waals surface area contributed by atoms with Crippen molar-refractivity contribution in [1.29, 1.82) is 0 Å². The first-order valence-electron chi connectivity index (χ1n) is 21.2. The van der Waals surface area contributed by atoms with Crippen molar-refractivity contribution in [1.82, 2.24) is 43.2 Å². The minimum absolute atomic E-state index is 0.00684. The second kappa shape index (κ2) is 16.2. The van der Waals surface area contributed by atoms with Crippen LogP contribution in [0.5, 0.6) is 5.75 Å². The summed E-state index contributed by atoms with van der Waals surface area (Å²) in [5, 5.41) is 15.3. The van der Waals surface area contributed by atoms with Crippen LogP contribution in [0.3, 0.4) is 0 Å². The van der Waals surface area contributed by atoms with Gasteiger partial charge < -0.3 is 20.7 Å². The number of rotatable bonds is 11. The first kappa shape index (κ1) is 42.1. The molecule has 0 bridgehead atoms. The largest absolute Gasteiger partial charge is 0.485 e. The smallest absolute Gasteiger partial charge is 0.329 e. The number of carbonyl (C=O) groups is 2. The van der Waals surface area contributed by atoms with E-state index in [2.05, 4.69) is 35.5 Å². The molecule has 63 heavy (non-hydrogen) atoms. The van der Waals surface area contributed by atoms with Crippen LogP contribution in [0.4, 0.5) is 21.7 Å². The van der Waals surface area contributed by atoms with E-state index in [-0.39, 0.29) is 58.2 Å². The summed E-state index contributed by atoms with van der Waals surface area (Å²) in [6.45, 7) is 7.72. The molecule has 0 saturated carbocycles. The molecule has 3 aromatic heterocycles. The number of ether oxygens (including phenoxy) is 1. The van der Waals surface area contributed by atoms with Gasteiger partial charge in [-0.3, -0.25) is 34.3 Å². The zero-order valence-electron chi connectivity index (χ0n) is 35.3. The molecule has 2 unspecified atom stereocenters. The highest BCUT2D eigenvalue weighted by atomic mass is 32.2. The predicted octanol–water partition coefficient (Wildman–Crippen LogP) is 1.31. The van der Waals surface area contributed by atoms with Crippen LogP contribution in [0.2, 0.25) is 0 Å². The fourth-order valence-electron chi connectivity index (χ4n) is 9.66. The molecule has 2 atom stereocenters. The summed E-state index contributed by atoms with van der Waals surface area (Å²) in [5.41, 5.74) is 8.73. The van der Waals surface area contributed by atoms with E-state index in [0.717, 1.165) is 69.1 Å². The predicted molar refractivity (Wildman–Crippen MR) is 232 cm³/mol. The number of aryl methyl sites for hydroxylation is 1. The molecule has 2 aromatic carbocycles. The number of carbonyl (C=O) groups excluding carboxylic acids is 2. The van der Waals surface area contributed by atoms with Gasteiger partial charge in [-0.25, -0.2) is 22.6 Å². The summed E-state index contributed by atoms with van der Waals surface area (Å²) in [5.74, 6) is -1.23. The lowest BCUT2D eigenvalue weighted by Crippen LogP contribution is -2.45. The second-order valence-corrected chi connectivity index (χ2v) is 19.2. The second-order valence-electron chi connectivity index (χ2n) is 17.2. The zero-order valence-corrected chi connectivity index (χ0v) is 36.1. The molecule has 4 aliphatic heterocycles. The Bertz CT molecular complexity index is 2860. The number of anilines is 3. The Hall–Kier alpha value is -6.19. The number of nitrogens with zero attached hydrogens (tertiary/aromatic N) is 9. The molecule has 1 spiro atoms. The van der Waals surface area contributed by atoms with Gasteiger partial charge in [0.25, 0.3) is 0 Å². The highest BCUT2D eigenvalue weighted by Crippen LogP contribution is 2.43. The summed E-state index contributed by atoms with van der Waals surface area (Å²) in [7, 11) is -2.29. The number of nitrogens with two attached hydrogens (primary N) is 2. The molecule has 5 aromatic rings. The highest BCUT2D eigenvalue weighted by molar-refractivity contribution is 7.89. The maximum Gasteiger partial charge on any atom is 0.329 e. The fourth-order valence-corrected chi connectivity index (χ4v) is 11.2. The van der Waals surface area contributed by atoms with Crippen molar-refractivity contribution in [3.63, 3.8) is 0 Å². The minimum atomic E-state index is -3.99. The minimum Gasteiger partial charge on any atom is -0.485 e. The van der Waals surface area contributed by atoms with Crippen molar-refractivity contribution in [2.45, 2.75) is 75.5 Å². The van der Waals surface area contributed by atoms with Crippen LogP contribution in [0.15, 0.2) is 58.6 Å². The van der Waals surface area contributed by atoms with Crippen LogP contribution < -0.4 is 37.1 Å². The SMILES string of the molecule is CC(C)Oc1c(/C(C=[NH2+])=C/N)ncn2nc(Nc3ccc(S(=O)(=O)N4CCC5(CCN(C6CCN(c7ccc8c(c7)n(C)c(=O)n8C7CCC(=O)NC7=O)CC6)C5)C4)cc3F)nc12. The first-order valence-corrected chi connectivity index (χ1v) is 22.6. The number of aromatic nitrogens is 6. The molecule has 4 aliphatic rings. The number of piperidine rings is 2. The number of amides is 2. The average Bonchev–Trinajstić information content (AvgIpc) is 4.05. The van der Waals surface area contributed by atoms with Gasteiger partial charge in [0, 0.05) is 64.1 Å². The van der Waals surface area contributed by atoms with Gasteiger partial charge in [-0.05, 0) is 94.3 Å². The van der Waals surface area contributed by atoms with Gasteiger partial charge in [-0.1, -0.05) is 0 Å². The summed E-state index contributed by atoms with van der Waals surface area (Å²) < 4.78 is 55.5. The molecule has 19 nitrogen and oxygen atoms in total. The maximum absolute atomic E-state index is 15.7. The molecule has 2 amide bonds. The lowest BCUT2D eigenvalue weighted by Gasteiger charge is -2.38. The number of imide groups is 1. The van der Waals surface area contributed by atoms with Crippen LogP contribution in [0.1, 0.15) is 64.1 Å². The van der Waals surface area contributed by atoms with E-state index in [4.69, 9.17) is 15.9 Å². The number of hydrogen-bond acceptors (Lipinski definition) is 13. The molecule has 0 aliphatic carbocycles. The van der Waals surface area contributed by atoms with Crippen LogP contribution in [0.25, 0.3) is 22.3 Å². The van der Waals surface area contributed by atoms with Gasteiger partial charge in [0.2, 0.25) is 33.4 Å². The molecular formula is C42H51FN13O6S+. The molecule has 4 saturated heterocycles. The third-order valence-electron chi connectivity index (χ3n) is 13.0. The number of fused-ring (bicyclic) bond motifs is 2. The Balaban J connectivity index is 0.827. The number of likely N-dealkylation sites (tertiary alicyclic amines) is 1. The van der Waals surface area contributed by atoms with Gasteiger partial charge in [0.1, 0.15) is 23.9 Å². The number of hydrogen-bond donors (Lipinski definition) is 4. The number of halogens is 1. The number of sulfonamides is 1. The monoisotopic (exact) mass is 884 g/mol. The van der Waals surface area contributed by atoms with Crippen LogP contribution in [-0.2, 0) is 26.7 Å². The Morgan fingerprint density at radius 2 is 1.83 bits per heavy atom. The third kappa shape index (κ3) is 7.60. The van der Waals surface area contributed by atoms with Crippen molar-refractivity contribution < 1.29 is 32.5 Å².